The molecule has 0 unspecified atom stereocenters. The Balaban J connectivity index is 2.25. The highest BCUT2D eigenvalue weighted by Crippen LogP contribution is 2.16. The van der Waals surface area contributed by atoms with Gasteiger partial charge in [-0.05, 0) is 24.1 Å². The molecule has 21 heavy (non-hydrogen) atoms. The Labute approximate surface area is 129 Å². The van der Waals surface area contributed by atoms with Crippen molar-refractivity contribution in [1.82, 2.24) is 4.90 Å². The highest BCUT2D eigenvalue weighted by atomic mass is 35.5. The molecule has 0 aliphatic rings. The molecule has 2 nitrogen and oxygen atoms in total. The lowest BCUT2D eigenvalue weighted by atomic mass is 10.1. The van der Waals surface area contributed by atoms with Gasteiger partial charge in [-0.3, -0.25) is 4.79 Å². The molecule has 2 aromatic carbocycles. The molecule has 4 heteroatoms. The van der Waals surface area contributed by atoms with Crippen molar-refractivity contribution >= 4 is 17.5 Å². The first kappa shape index (κ1) is 15.5. The molecule has 0 fully saturated rings. The summed E-state index contributed by atoms with van der Waals surface area (Å²) in [5.74, 6) is -0.484. The van der Waals surface area contributed by atoms with Gasteiger partial charge in [-0.2, -0.15) is 0 Å². The average molecular weight is 306 g/mol. The van der Waals surface area contributed by atoms with E-state index in [4.69, 9.17) is 11.6 Å². The van der Waals surface area contributed by atoms with Gasteiger partial charge < -0.3 is 4.90 Å². The Bertz CT molecular complexity index is 615. The summed E-state index contributed by atoms with van der Waals surface area (Å²) < 4.78 is 14.1. The molecule has 0 radical (unpaired) electrons. The first-order valence-corrected chi connectivity index (χ1v) is 7.31. The minimum atomic E-state index is -0.463. The number of benzene rings is 2. The van der Waals surface area contributed by atoms with Crippen LogP contribution in [0.2, 0.25) is 0 Å². The zero-order valence-electron chi connectivity index (χ0n) is 11.9. The number of hydrogen-bond acceptors (Lipinski definition) is 1. The van der Waals surface area contributed by atoms with E-state index in [9.17, 15) is 9.18 Å². The molecule has 0 heterocycles. The average Bonchev–Trinajstić information content (AvgIpc) is 2.50. The summed E-state index contributed by atoms with van der Waals surface area (Å²) in [5, 5.41) is 0. The van der Waals surface area contributed by atoms with Crippen molar-refractivity contribution in [2.24, 2.45) is 0 Å². The van der Waals surface area contributed by atoms with Gasteiger partial charge in [0, 0.05) is 19.0 Å². The fourth-order valence-electron chi connectivity index (χ4n) is 2.14. The number of carbonyl (C=O) groups is 1. The zero-order chi connectivity index (χ0) is 15.2. The minimum absolute atomic E-state index is 0.0936. The number of nitrogens with zero attached hydrogens (tertiary/aromatic N) is 1. The standard InChI is InChI=1S/C17H17ClFNO/c1-13-6-5-9-15(16(13)19)17(21)20(11-10-18)12-14-7-3-2-4-8-14/h2-9H,10-12H2,1H3. The van der Waals surface area contributed by atoms with E-state index in [0.29, 0.717) is 24.5 Å². The molecule has 2 aromatic rings. The van der Waals surface area contributed by atoms with Crippen LogP contribution >= 0.6 is 11.6 Å². The van der Waals surface area contributed by atoms with Crippen molar-refractivity contribution in [1.29, 1.82) is 0 Å². The van der Waals surface area contributed by atoms with Crippen molar-refractivity contribution in [2.75, 3.05) is 12.4 Å². The number of hydrogen-bond donors (Lipinski definition) is 0. The summed E-state index contributed by atoms with van der Waals surface area (Å²) in [4.78, 5) is 14.1. The van der Waals surface area contributed by atoms with Gasteiger partial charge in [0.25, 0.3) is 5.91 Å². The first-order valence-electron chi connectivity index (χ1n) is 6.77. The predicted octanol–water partition coefficient (Wildman–Crippen LogP) is 4.02. The fraction of sp³-hybridized carbons (Fsp3) is 0.235. The molecule has 0 aliphatic heterocycles. The van der Waals surface area contributed by atoms with Crippen molar-refractivity contribution in [3.05, 3.63) is 71.0 Å². The predicted molar refractivity (Wildman–Crippen MR) is 83.0 cm³/mol. The molecule has 0 aromatic heterocycles. The number of alkyl halides is 1. The number of amides is 1. The maximum atomic E-state index is 14.1. The van der Waals surface area contributed by atoms with Gasteiger partial charge >= 0.3 is 0 Å². The van der Waals surface area contributed by atoms with E-state index >= 15 is 0 Å². The van der Waals surface area contributed by atoms with Gasteiger partial charge in [0.15, 0.2) is 0 Å². The smallest absolute Gasteiger partial charge is 0.257 e. The van der Waals surface area contributed by atoms with Crippen LogP contribution in [0.4, 0.5) is 4.39 Å². The lowest BCUT2D eigenvalue weighted by Crippen LogP contribution is -2.33. The molecule has 1 amide bonds. The van der Waals surface area contributed by atoms with E-state index in [1.54, 1.807) is 24.0 Å². The summed E-state index contributed by atoms with van der Waals surface area (Å²) in [6.07, 6.45) is 0. The van der Waals surface area contributed by atoms with Crippen LogP contribution in [0.1, 0.15) is 21.5 Å². The second kappa shape index (κ2) is 7.23. The van der Waals surface area contributed by atoms with Crippen LogP contribution in [0.15, 0.2) is 48.5 Å². The Kier molecular flexibility index (Phi) is 5.34. The third-order valence-corrected chi connectivity index (χ3v) is 3.45. The molecule has 0 aliphatic carbocycles. The highest BCUT2D eigenvalue weighted by Gasteiger charge is 2.19. The molecule has 0 N–H and O–H groups in total. The summed E-state index contributed by atoms with van der Waals surface area (Å²) in [6, 6.07) is 14.4. The van der Waals surface area contributed by atoms with Crippen LogP contribution in [0.25, 0.3) is 0 Å². The summed E-state index contributed by atoms with van der Waals surface area (Å²) in [6.45, 7) is 2.44. The number of rotatable bonds is 5. The van der Waals surface area contributed by atoms with E-state index in [1.807, 2.05) is 30.3 Å². The van der Waals surface area contributed by atoms with Crippen molar-refractivity contribution < 1.29 is 9.18 Å². The second-order valence-corrected chi connectivity index (χ2v) is 5.22. The van der Waals surface area contributed by atoms with Crippen LogP contribution in [-0.2, 0) is 6.54 Å². The van der Waals surface area contributed by atoms with E-state index < -0.39 is 5.82 Å². The van der Waals surface area contributed by atoms with Crippen molar-refractivity contribution in [2.45, 2.75) is 13.5 Å². The SMILES string of the molecule is Cc1cccc(C(=O)N(CCCl)Cc2ccccc2)c1F. The molecular weight excluding hydrogens is 289 g/mol. The Hall–Kier alpha value is -1.87. The van der Waals surface area contributed by atoms with Crippen LogP contribution in [0.5, 0.6) is 0 Å². The topological polar surface area (TPSA) is 20.3 Å². The monoisotopic (exact) mass is 305 g/mol. The van der Waals surface area contributed by atoms with Gasteiger partial charge in [0.2, 0.25) is 0 Å². The summed E-state index contributed by atoms with van der Waals surface area (Å²) >= 11 is 5.78. The number of carbonyl (C=O) groups excluding carboxylic acids is 1. The van der Waals surface area contributed by atoms with Crippen LogP contribution < -0.4 is 0 Å². The van der Waals surface area contributed by atoms with E-state index in [1.165, 1.54) is 6.07 Å². The minimum Gasteiger partial charge on any atom is -0.333 e. The van der Waals surface area contributed by atoms with E-state index in [2.05, 4.69) is 0 Å². The molecule has 2 rings (SSSR count). The maximum absolute atomic E-state index is 14.1. The number of aryl methyl sites for hydroxylation is 1. The van der Waals surface area contributed by atoms with Gasteiger partial charge in [-0.15, -0.1) is 11.6 Å². The number of halogens is 2. The largest absolute Gasteiger partial charge is 0.333 e. The fourth-order valence-corrected chi connectivity index (χ4v) is 2.35. The normalized spacial score (nSPS) is 10.4. The van der Waals surface area contributed by atoms with E-state index in [-0.39, 0.29) is 11.5 Å². The lowest BCUT2D eigenvalue weighted by molar-refractivity contribution is 0.0749. The second-order valence-electron chi connectivity index (χ2n) is 4.84. The van der Waals surface area contributed by atoms with Crippen LogP contribution in [0, 0.1) is 12.7 Å². The molecule has 0 spiro atoms. The zero-order valence-corrected chi connectivity index (χ0v) is 12.6. The van der Waals surface area contributed by atoms with Crippen molar-refractivity contribution in [3.8, 4) is 0 Å². The van der Waals surface area contributed by atoms with E-state index in [0.717, 1.165) is 5.56 Å². The quantitative estimate of drug-likeness (QED) is 0.764. The van der Waals surface area contributed by atoms with Crippen molar-refractivity contribution in [3.63, 3.8) is 0 Å². The molecule has 0 saturated carbocycles. The summed E-state index contributed by atoms with van der Waals surface area (Å²) in [7, 11) is 0. The first-order chi connectivity index (χ1) is 10.1. The third-order valence-electron chi connectivity index (χ3n) is 3.28. The van der Waals surface area contributed by atoms with Gasteiger partial charge in [-0.25, -0.2) is 4.39 Å². The highest BCUT2D eigenvalue weighted by molar-refractivity contribution is 6.18. The van der Waals surface area contributed by atoms with Gasteiger partial charge in [-0.1, -0.05) is 42.5 Å². The third kappa shape index (κ3) is 3.82. The Morgan fingerprint density at radius 2 is 1.86 bits per heavy atom. The molecule has 0 saturated heterocycles. The molecular formula is C17H17ClFNO. The Morgan fingerprint density at radius 1 is 1.14 bits per heavy atom. The van der Waals surface area contributed by atoms with Crippen LogP contribution in [-0.4, -0.2) is 23.2 Å². The van der Waals surface area contributed by atoms with Gasteiger partial charge in [0.1, 0.15) is 5.82 Å². The van der Waals surface area contributed by atoms with Gasteiger partial charge in [0.05, 0.1) is 5.56 Å². The molecule has 110 valence electrons. The lowest BCUT2D eigenvalue weighted by Gasteiger charge is -2.22. The molecule has 0 bridgehead atoms. The molecule has 0 atom stereocenters. The Morgan fingerprint density at radius 3 is 2.52 bits per heavy atom. The maximum Gasteiger partial charge on any atom is 0.257 e. The summed E-state index contributed by atoms with van der Waals surface area (Å²) in [5.41, 5.74) is 1.55. The van der Waals surface area contributed by atoms with Crippen LogP contribution in [0.3, 0.4) is 0 Å².